The van der Waals surface area contributed by atoms with Gasteiger partial charge in [0.25, 0.3) is 0 Å². The Labute approximate surface area is 111 Å². The largest absolute Gasteiger partial charge is 0.444 e. The summed E-state index contributed by atoms with van der Waals surface area (Å²) in [4.78, 5) is 24.6. The molecule has 3 aliphatic rings. The first kappa shape index (κ1) is 12.6. The molecule has 0 unspecified atom stereocenters. The van der Waals surface area contributed by atoms with Crippen molar-refractivity contribution >= 4 is 11.9 Å². The maximum atomic E-state index is 12.0. The molecule has 6 heteroatoms. The number of hydrogen-bond donors (Lipinski definition) is 0. The van der Waals surface area contributed by atoms with Gasteiger partial charge in [0.1, 0.15) is 0 Å². The van der Waals surface area contributed by atoms with E-state index in [-0.39, 0.29) is 30.6 Å². The molecule has 0 bridgehead atoms. The first-order valence-electron chi connectivity index (χ1n) is 6.53. The Balaban J connectivity index is 1.62. The van der Waals surface area contributed by atoms with Crippen LogP contribution in [0.25, 0.3) is 0 Å². The molecule has 2 fully saturated rings. The van der Waals surface area contributed by atoms with E-state index in [0.717, 1.165) is 5.57 Å². The van der Waals surface area contributed by atoms with Crippen LogP contribution in [0.1, 0.15) is 20.3 Å². The molecule has 2 heterocycles. The Morgan fingerprint density at radius 2 is 2.21 bits per heavy atom. The molecule has 2 aliphatic heterocycles. The number of carbonyl (C=O) groups excluding carboxylic acids is 2. The number of nitrogens with zero attached hydrogens (tertiary/aromatic N) is 1. The molecule has 1 amide bonds. The highest BCUT2D eigenvalue weighted by Crippen LogP contribution is 2.49. The Morgan fingerprint density at radius 3 is 2.79 bits per heavy atom. The van der Waals surface area contributed by atoms with Gasteiger partial charge in [0.2, 0.25) is 5.91 Å². The van der Waals surface area contributed by atoms with Gasteiger partial charge in [0, 0.05) is 12.0 Å². The molecule has 1 aliphatic carbocycles. The molecule has 0 radical (unpaired) electrons. The van der Waals surface area contributed by atoms with Crippen molar-refractivity contribution in [3.63, 3.8) is 0 Å². The van der Waals surface area contributed by atoms with Crippen molar-refractivity contribution in [3.8, 4) is 0 Å². The number of carbonyl (C=O) groups is 2. The Hall–Kier alpha value is -1.40. The quantitative estimate of drug-likeness (QED) is 0.420. The van der Waals surface area contributed by atoms with E-state index in [1.807, 2.05) is 13.0 Å². The van der Waals surface area contributed by atoms with Crippen LogP contribution >= 0.6 is 0 Å². The Bertz CT molecular complexity index is 452. The Kier molecular flexibility index (Phi) is 2.87. The van der Waals surface area contributed by atoms with Crippen LogP contribution in [0.2, 0.25) is 0 Å². The highest BCUT2D eigenvalue weighted by Gasteiger charge is 2.60. The van der Waals surface area contributed by atoms with E-state index < -0.39 is 5.79 Å². The molecular weight excluding hydrogens is 250 g/mol. The number of amides is 1. The van der Waals surface area contributed by atoms with E-state index in [4.69, 9.17) is 14.2 Å². The van der Waals surface area contributed by atoms with Gasteiger partial charge in [-0.25, -0.2) is 0 Å². The molecule has 6 nitrogen and oxygen atoms in total. The Morgan fingerprint density at radius 1 is 1.53 bits per heavy atom. The van der Waals surface area contributed by atoms with Crippen LogP contribution in [0.5, 0.6) is 0 Å². The van der Waals surface area contributed by atoms with Crippen molar-refractivity contribution in [2.24, 2.45) is 5.92 Å². The van der Waals surface area contributed by atoms with Crippen molar-refractivity contribution in [2.75, 3.05) is 19.9 Å². The lowest BCUT2D eigenvalue weighted by Gasteiger charge is -2.54. The maximum absolute atomic E-state index is 12.0. The second kappa shape index (κ2) is 4.31. The summed E-state index contributed by atoms with van der Waals surface area (Å²) in [7, 11) is 0. The van der Waals surface area contributed by atoms with Crippen LogP contribution in [-0.4, -0.2) is 48.5 Å². The van der Waals surface area contributed by atoms with E-state index >= 15 is 0 Å². The molecule has 3 rings (SSSR count). The molecule has 0 N–H and O–H groups in total. The summed E-state index contributed by atoms with van der Waals surface area (Å²) in [5.41, 5.74) is 0.901. The van der Waals surface area contributed by atoms with Crippen molar-refractivity contribution in [2.45, 2.75) is 32.1 Å². The van der Waals surface area contributed by atoms with E-state index in [9.17, 15) is 9.59 Å². The van der Waals surface area contributed by atoms with Gasteiger partial charge in [-0.2, -0.15) is 0 Å². The lowest BCUT2D eigenvalue weighted by atomic mass is 9.68. The summed E-state index contributed by atoms with van der Waals surface area (Å²) in [5, 5.41) is 0. The zero-order valence-electron chi connectivity index (χ0n) is 11.0. The van der Waals surface area contributed by atoms with E-state index in [2.05, 4.69) is 0 Å². The monoisotopic (exact) mass is 267 g/mol. The normalized spacial score (nSPS) is 31.2. The minimum atomic E-state index is -0.747. The fourth-order valence-corrected chi connectivity index (χ4v) is 2.75. The molecule has 0 aromatic carbocycles. The lowest BCUT2D eigenvalue weighted by molar-refractivity contribution is -0.179. The number of ether oxygens (including phenoxy) is 3. The van der Waals surface area contributed by atoms with Crippen LogP contribution in [0, 0.1) is 5.92 Å². The third-order valence-corrected chi connectivity index (χ3v) is 3.95. The van der Waals surface area contributed by atoms with Crippen LogP contribution in [0.15, 0.2) is 11.6 Å². The predicted octanol–water partition coefficient (Wildman–Crippen LogP) is 0.427. The van der Waals surface area contributed by atoms with Gasteiger partial charge in [0.05, 0.1) is 25.2 Å². The van der Waals surface area contributed by atoms with Gasteiger partial charge in [-0.1, -0.05) is 13.0 Å². The van der Waals surface area contributed by atoms with E-state index in [1.165, 1.54) is 0 Å². The number of hydrogen-bond acceptors (Lipinski definition) is 5. The van der Waals surface area contributed by atoms with Gasteiger partial charge in [-0.3, -0.25) is 9.59 Å². The molecule has 2 atom stereocenters. The first-order valence-corrected chi connectivity index (χ1v) is 6.53. The standard InChI is InChI=1S/C13H17NO5/c1-3-10(15)17-7-14-9-6-8(11(9)12(14)16)13(2)18-4-5-19-13/h6,9,11H,3-5,7H2,1-2H3/t9-,11+/m0/s1. The minimum Gasteiger partial charge on any atom is -0.444 e. The van der Waals surface area contributed by atoms with Crippen LogP contribution in [0.3, 0.4) is 0 Å². The zero-order chi connectivity index (χ0) is 13.6. The average molecular weight is 267 g/mol. The maximum Gasteiger partial charge on any atom is 0.307 e. The third-order valence-electron chi connectivity index (χ3n) is 3.95. The van der Waals surface area contributed by atoms with E-state index in [0.29, 0.717) is 19.6 Å². The summed E-state index contributed by atoms with van der Waals surface area (Å²) < 4.78 is 16.1. The molecule has 19 heavy (non-hydrogen) atoms. The smallest absolute Gasteiger partial charge is 0.307 e. The SMILES string of the molecule is CCC(=O)OCN1C(=O)[C@@H]2C(C3(C)OCCO3)=C[C@@H]21. The number of fused-ring (bicyclic) bond motifs is 1. The topological polar surface area (TPSA) is 65.1 Å². The summed E-state index contributed by atoms with van der Waals surface area (Å²) in [6, 6.07) is 0.0248. The summed E-state index contributed by atoms with van der Waals surface area (Å²) >= 11 is 0. The molecule has 0 aromatic rings. The van der Waals surface area contributed by atoms with E-state index in [1.54, 1.807) is 11.8 Å². The average Bonchev–Trinajstić information content (AvgIpc) is 2.79. The minimum absolute atomic E-state index is 0.0215. The number of likely N-dealkylation sites (tertiary alicyclic amines) is 1. The molecule has 2 saturated heterocycles. The number of rotatable bonds is 4. The van der Waals surface area contributed by atoms with Crippen LogP contribution < -0.4 is 0 Å². The van der Waals surface area contributed by atoms with Crippen LogP contribution in [-0.2, 0) is 23.8 Å². The molecule has 0 saturated carbocycles. The van der Waals surface area contributed by atoms with Gasteiger partial charge >= 0.3 is 5.97 Å². The van der Waals surface area contributed by atoms with Gasteiger partial charge in [0.15, 0.2) is 12.5 Å². The second-order valence-corrected chi connectivity index (χ2v) is 5.04. The van der Waals surface area contributed by atoms with Crippen molar-refractivity contribution < 1.29 is 23.8 Å². The lowest BCUT2D eigenvalue weighted by Crippen LogP contribution is -2.68. The number of esters is 1. The van der Waals surface area contributed by atoms with Crippen molar-refractivity contribution in [3.05, 3.63) is 11.6 Å². The van der Waals surface area contributed by atoms with Crippen molar-refractivity contribution in [1.29, 1.82) is 0 Å². The summed E-state index contributed by atoms with van der Waals surface area (Å²) in [6.45, 7) is 4.71. The highest BCUT2D eigenvalue weighted by molar-refractivity contribution is 5.93. The molecule has 0 spiro atoms. The zero-order valence-corrected chi connectivity index (χ0v) is 11.0. The summed E-state index contributed by atoms with van der Waals surface area (Å²) in [6.07, 6.45) is 2.29. The molecule has 104 valence electrons. The predicted molar refractivity (Wildman–Crippen MR) is 63.8 cm³/mol. The molecule has 0 aromatic heterocycles. The fourth-order valence-electron chi connectivity index (χ4n) is 2.75. The third kappa shape index (κ3) is 1.78. The second-order valence-electron chi connectivity index (χ2n) is 5.04. The van der Waals surface area contributed by atoms with Crippen molar-refractivity contribution in [1.82, 2.24) is 4.90 Å². The molecular formula is C13H17NO5. The van der Waals surface area contributed by atoms with Crippen LogP contribution in [0.4, 0.5) is 0 Å². The van der Waals surface area contributed by atoms with Gasteiger partial charge in [-0.05, 0) is 6.92 Å². The highest BCUT2D eigenvalue weighted by atomic mass is 16.7. The van der Waals surface area contributed by atoms with Gasteiger partial charge in [-0.15, -0.1) is 0 Å². The number of β-lactam (4-membered cyclic amide) rings is 1. The summed E-state index contributed by atoms with van der Waals surface area (Å²) in [5.74, 6) is -1.23. The first-order chi connectivity index (χ1) is 9.07. The fraction of sp³-hybridized carbons (Fsp3) is 0.692. The van der Waals surface area contributed by atoms with Gasteiger partial charge < -0.3 is 19.1 Å².